The zero-order valence-corrected chi connectivity index (χ0v) is 10.6. The molecule has 1 aliphatic heterocycles. The molecule has 0 amide bonds. The van der Waals surface area contributed by atoms with Gasteiger partial charge in [0.2, 0.25) is 0 Å². The van der Waals surface area contributed by atoms with Gasteiger partial charge in [0, 0.05) is 19.1 Å². The maximum Gasteiger partial charge on any atom is 0.0682 e. The van der Waals surface area contributed by atoms with Crippen molar-refractivity contribution in [1.82, 2.24) is 9.80 Å². The minimum Gasteiger partial charge on any atom is -0.392 e. The van der Waals surface area contributed by atoms with Crippen molar-refractivity contribution in [2.45, 2.75) is 38.8 Å². The molecular weight excluding hydrogens is 188 g/mol. The Morgan fingerprint density at radius 3 is 2.60 bits per heavy atom. The molecule has 1 N–H and O–H groups in total. The lowest BCUT2D eigenvalue weighted by atomic mass is 10.1. The van der Waals surface area contributed by atoms with Gasteiger partial charge in [0.25, 0.3) is 0 Å². The van der Waals surface area contributed by atoms with Crippen LogP contribution in [0.4, 0.5) is 0 Å². The van der Waals surface area contributed by atoms with E-state index in [1.165, 1.54) is 6.42 Å². The summed E-state index contributed by atoms with van der Waals surface area (Å²) >= 11 is 0. The van der Waals surface area contributed by atoms with Gasteiger partial charge >= 0.3 is 0 Å². The smallest absolute Gasteiger partial charge is 0.0682 e. The molecule has 0 aromatic rings. The largest absolute Gasteiger partial charge is 0.392 e. The van der Waals surface area contributed by atoms with Gasteiger partial charge in [-0.05, 0) is 39.4 Å². The summed E-state index contributed by atoms with van der Waals surface area (Å²) in [5.74, 6) is 0.753. The maximum absolute atomic E-state index is 9.69. The molecule has 0 aliphatic carbocycles. The third-order valence-electron chi connectivity index (χ3n) is 3.08. The first-order chi connectivity index (χ1) is 6.99. The average Bonchev–Trinajstić information content (AvgIpc) is 2.41. The molecule has 3 heteroatoms. The van der Waals surface area contributed by atoms with Crippen molar-refractivity contribution in [2.75, 3.05) is 33.7 Å². The van der Waals surface area contributed by atoms with E-state index in [2.05, 4.69) is 37.7 Å². The van der Waals surface area contributed by atoms with E-state index in [1.54, 1.807) is 0 Å². The van der Waals surface area contributed by atoms with E-state index < -0.39 is 0 Å². The fraction of sp³-hybridized carbons (Fsp3) is 1.00. The molecule has 1 saturated heterocycles. The van der Waals surface area contributed by atoms with Gasteiger partial charge in [0.15, 0.2) is 0 Å². The Labute approximate surface area is 94.1 Å². The van der Waals surface area contributed by atoms with E-state index in [0.717, 1.165) is 32.0 Å². The summed E-state index contributed by atoms with van der Waals surface area (Å²) in [4.78, 5) is 4.66. The highest BCUT2D eigenvalue weighted by molar-refractivity contribution is 4.86. The Kier molecular flexibility index (Phi) is 5.03. The van der Waals surface area contributed by atoms with Crippen LogP contribution in [0.25, 0.3) is 0 Å². The lowest BCUT2D eigenvalue weighted by Crippen LogP contribution is -2.38. The van der Waals surface area contributed by atoms with Gasteiger partial charge in [-0.1, -0.05) is 13.8 Å². The highest BCUT2D eigenvalue weighted by atomic mass is 16.3. The van der Waals surface area contributed by atoms with E-state index in [0.29, 0.717) is 6.04 Å². The van der Waals surface area contributed by atoms with Crippen LogP contribution in [0.15, 0.2) is 0 Å². The van der Waals surface area contributed by atoms with Crippen molar-refractivity contribution < 1.29 is 5.11 Å². The van der Waals surface area contributed by atoms with Gasteiger partial charge in [0.1, 0.15) is 0 Å². The quantitative estimate of drug-likeness (QED) is 0.740. The van der Waals surface area contributed by atoms with Gasteiger partial charge in [-0.15, -0.1) is 0 Å². The van der Waals surface area contributed by atoms with Gasteiger partial charge in [-0.3, -0.25) is 4.90 Å². The highest BCUT2D eigenvalue weighted by Gasteiger charge is 2.30. The van der Waals surface area contributed by atoms with Crippen LogP contribution in [-0.2, 0) is 0 Å². The summed E-state index contributed by atoms with van der Waals surface area (Å²) in [5.41, 5.74) is 0. The van der Waals surface area contributed by atoms with E-state index >= 15 is 0 Å². The third-order valence-corrected chi connectivity index (χ3v) is 3.08. The van der Waals surface area contributed by atoms with Crippen LogP contribution in [-0.4, -0.2) is 60.8 Å². The summed E-state index contributed by atoms with van der Waals surface area (Å²) in [5, 5.41) is 9.69. The minimum absolute atomic E-state index is 0.109. The van der Waals surface area contributed by atoms with Crippen molar-refractivity contribution in [3.63, 3.8) is 0 Å². The predicted molar refractivity (Wildman–Crippen MR) is 64.0 cm³/mol. The summed E-state index contributed by atoms with van der Waals surface area (Å²) in [6, 6.07) is 0.550. The van der Waals surface area contributed by atoms with E-state index in [1.807, 2.05) is 0 Å². The molecule has 0 radical (unpaired) electrons. The minimum atomic E-state index is -0.109. The van der Waals surface area contributed by atoms with Gasteiger partial charge in [-0.25, -0.2) is 0 Å². The van der Waals surface area contributed by atoms with Crippen LogP contribution >= 0.6 is 0 Å². The summed E-state index contributed by atoms with van der Waals surface area (Å²) < 4.78 is 0. The Balaban J connectivity index is 2.38. The molecule has 3 nitrogen and oxygen atoms in total. The zero-order chi connectivity index (χ0) is 11.4. The van der Waals surface area contributed by atoms with E-state index in [4.69, 9.17) is 0 Å². The topological polar surface area (TPSA) is 26.7 Å². The monoisotopic (exact) mass is 214 g/mol. The lowest BCUT2D eigenvalue weighted by Gasteiger charge is -2.27. The predicted octanol–water partition coefficient (Wildman–Crippen LogP) is 1.03. The third kappa shape index (κ3) is 4.49. The molecule has 1 aliphatic rings. The maximum atomic E-state index is 9.69. The number of β-amino-alcohol motifs (C(OH)–C–C–N with tert-alkyl or cyclic N) is 1. The summed E-state index contributed by atoms with van der Waals surface area (Å²) in [7, 11) is 4.21. The van der Waals surface area contributed by atoms with Crippen molar-refractivity contribution >= 4 is 0 Å². The van der Waals surface area contributed by atoms with Crippen molar-refractivity contribution in [3.05, 3.63) is 0 Å². The van der Waals surface area contributed by atoms with Crippen LogP contribution in [0.3, 0.4) is 0 Å². The standard InChI is InChI=1S/C12H26N2O/c1-10(2)5-6-14-9-12(15)7-11(14)8-13(3)4/h10-12,15H,5-9H2,1-4H3. The molecule has 0 bridgehead atoms. The van der Waals surface area contributed by atoms with Crippen LogP contribution < -0.4 is 0 Å². The summed E-state index contributed by atoms with van der Waals surface area (Å²) in [6.45, 7) is 7.58. The van der Waals surface area contributed by atoms with Crippen LogP contribution in [0.2, 0.25) is 0 Å². The normalized spacial score (nSPS) is 28.2. The number of likely N-dealkylation sites (tertiary alicyclic amines) is 1. The average molecular weight is 214 g/mol. The molecule has 1 rings (SSSR count). The van der Waals surface area contributed by atoms with Gasteiger partial charge in [0.05, 0.1) is 6.10 Å². The Morgan fingerprint density at radius 1 is 1.40 bits per heavy atom. The number of likely N-dealkylation sites (N-methyl/N-ethyl adjacent to an activating group) is 1. The molecule has 0 aromatic carbocycles. The van der Waals surface area contributed by atoms with Crippen molar-refractivity contribution in [2.24, 2.45) is 5.92 Å². The van der Waals surface area contributed by atoms with Crippen molar-refractivity contribution in [1.29, 1.82) is 0 Å². The summed E-state index contributed by atoms with van der Waals surface area (Å²) in [6.07, 6.45) is 2.06. The van der Waals surface area contributed by atoms with Crippen LogP contribution in [0.1, 0.15) is 26.7 Å². The van der Waals surface area contributed by atoms with Crippen molar-refractivity contribution in [3.8, 4) is 0 Å². The van der Waals surface area contributed by atoms with E-state index in [-0.39, 0.29) is 6.10 Å². The molecule has 1 fully saturated rings. The lowest BCUT2D eigenvalue weighted by molar-refractivity contribution is 0.169. The number of aliphatic hydroxyl groups excluding tert-OH is 1. The van der Waals surface area contributed by atoms with Crippen LogP contribution in [0, 0.1) is 5.92 Å². The first kappa shape index (κ1) is 12.9. The molecule has 1 heterocycles. The number of hydrogen-bond donors (Lipinski definition) is 1. The zero-order valence-electron chi connectivity index (χ0n) is 10.6. The Hall–Kier alpha value is -0.120. The first-order valence-electron chi connectivity index (χ1n) is 6.06. The number of rotatable bonds is 5. The molecule has 0 spiro atoms. The van der Waals surface area contributed by atoms with Gasteiger partial charge < -0.3 is 10.0 Å². The molecule has 90 valence electrons. The molecule has 0 aromatic heterocycles. The van der Waals surface area contributed by atoms with Crippen LogP contribution in [0.5, 0.6) is 0 Å². The highest BCUT2D eigenvalue weighted by Crippen LogP contribution is 2.19. The first-order valence-corrected chi connectivity index (χ1v) is 6.06. The van der Waals surface area contributed by atoms with Gasteiger partial charge in [-0.2, -0.15) is 0 Å². The number of nitrogens with zero attached hydrogens (tertiary/aromatic N) is 2. The second kappa shape index (κ2) is 5.83. The molecular formula is C12H26N2O. The number of hydrogen-bond acceptors (Lipinski definition) is 3. The Morgan fingerprint density at radius 2 is 2.07 bits per heavy atom. The second-order valence-electron chi connectivity index (χ2n) is 5.48. The molecule has 15 heavy (non-hydrogen) atoms. The molecule has 0 saturated carbocycles. The molecule has 2 atom stereocenters. The fourth-order valence-corrected chi connectivity index (χ4v) is 2.27. The van der Waals surface area contributed by atoms with E-state index in [9.17, 15) is 5.11 Å². The molecule has 2 unspecified atom stereocenters. The SMILES string of the molecule is CC(C)CCN1CC(O)CC1CN(C)C. The number of aliphatic hydroxyl groups is 1. The fourth-order valence-electron chi connectivity index (χ4n) is 2.27. The Bertz CT molecular complexity index is 182. The second-order valence-corrected chi connectivity index (χ2v) is 5.48.